The largest absolute Gasteiger partial charge is 0.348 e. The number of sulfonamides is 1. The lowest BCUT2D eigenvalue weighted by molar-refractivity contribution is -0.116. The summed E-state index contributed by atoms with van der Waals surface area (Å²) in [6.45, 7) is 1.51. The number of hydrogen-bond acceptors (Lipinski definition) is 4. The standard InChI is InChI=1S/C20H23N3O3S/c24-20(9-6-17-10-12-21-13-11-17)22-16-18-4-7-19(8-5-18)27(25,26)23-14-2-1-3-15-23/h4-13H,1-3,14-16H2,(H,22,24)/b9-6+. The molecule has 27 heavy (non-hydrogen) atoms. The maximum atomic E-state index is 12.6. The lowest BCUT2D eigenvalue weighted by Crippen LogP contribution is -2.35. The summed E-state index contributed by atoms with van der Waals surface area (Å²) in [5.41, 5.74) is 1.74. The van der Waals surface area contributed by atoms with E-state index in [1.807, 2.05) is 12.1 Å². The molecule has 0 radical (unpaired) electrons. The monoisotopic (exact) mass is 385 g/mol. The molecule has 1 aromatic heterocycles. The number of aromatic nitrogens is 1. The van der Waals surface area contributed by atoms with E-state index in [2.05, 4.69) is 10.3 Å². The number of piperidine rings is 1. The summed E-state index contributed by atoms with van der Waals surface area (Å²) in [6.07, 6.45) is 9.41. The van der Waals surface area contributed by atoms with Crippen LogP contribution in [0, 0.1) is 0 Å². The third kappa shape index (κ3) is 5.24. The maximum Gasteiger partial charge on any atom is 0.244 e. The number of carbonyl (C=O) groups is 1. The molecule has 0 atom stereocenters. The van der Waals surface area contributed by atoms with Gasteiger partial charge in [0, 0.05) is 38.1 Å². The molecular weight excluding hydrogens is 362 g/mol. The van der Waals surface area contributed by atoms with Gasteiger partial charge >= 0.3 is 0 Å². The van der Waals surface area contributed by atoms with Crippen molar-refractivity contribution in [1.82, 2.24) is 14.6 Å². The lowest BCUT2D eigenvalue weighted by Gasteiger charge is -2.25. The number of carbonyl (C=O) groups excluding carboxylic acids is 1. The zero-order valence-electron chi connectivity index (χ0n) is 15.0. The van der Waals surface area contributed by atoms with Gasteiger partial charge in [-0.3, -0.25) is 9.78 Å². The summed E-state index contributed by atoms with van der Waals surface area (Å²) >= 11 is 0. The SMILES string of the molecule is O=C(/C=C/c1ccncc1)NCc1ccc(S(=O)(=O)N2CCCCC2)cc1. The predicted octanol–water partition coefficient (Wildman–Crippen LogP) is 2.59. The summed E-state index contributed by atoms with van der Waals surface area (Å²) in [4.78, 5) is 16.1. The van der Waals surface area contributed by atoms with Crippen molar-refractivity contribution < 1.29 is 13.2 Å². The van der Waals surface area contributed by atoms with Gasteiger partial charge in [0.15, 0.2) is 0 Å². The van der Waals surface area contributed by atoms with Crippen molar-refractivity contribution in [3.8, 4) is 0 Å². The molecule has 1 aliphatic rings. The highest BCUT2D eigenvalue weighted by Gasteiger charge is 2.25. The van der Waals surface area contributed by atoms with Gasteiger partial charge in [-0.1, -0.05) is 18.6 Å². The van der Waals surface area contributed by atoms with E-state index >= 15 is 0 Å². The first-order chi connectivity index (χ1) is 13.1. The fraction of sp³-hybridized carbons (Fsp3) is 0.300. The van der Waals surface area contributed by atoms with E-state index < -0.39 is 10.0 Å². The third-order valence-electron chi connectivity index (χ3n) is 4.48. The highest BCUT2D eigenvalue weighted by Crippen LogP contribution is 2.20. The third-order valence-corrected chi connectivity index (χ3v) is 6.39. The molecule has 1 saturated heterocycles. The fourth-order valence-corrected chi connectivity index (χ4v) is 4.45. The minimum Gasteiger partial charge on any atom is -0.348 e. The molecule has 6 nitrogen and oxygen atoms in total. The minimum absolute atomic E-state index is 0.211. The molecule has 7 heteroatoms. The topological polar surface area (TPSA) is 79.4 Å². The number of nitrogens with zero attached hydrogens (tertiary/aromatic N) is 2. The van der Waals surface area contributed by atoms with Crippen molar-refractivity contribution in [1.29, 1.82) is 0 Å². The fourth-order valence-electron chi connectivity index (χ4n) is 2.93. The van der Waals surface area contributed by atoms with E-state index in [4.69, 9.17) is 0 Å². The van der Waals surface area contributed by atoms with Gasteiger partial charge in [-0.05, 0) is 54.3 Å². The minimum atomic E-state index is -3.42. The number of pyridine rings is 1. The Morgan fingerprint density at radius 2 is 1.70 bits per heavy atom. The van der Waals surface area contributed by atoms with Crippen LogP contribution in [0.15, 0.2) is 59.8 Å². The molecule has 1 aliphatic heterocycles. The van der Waals surface area contributed by atoms with Gasteiger partial charge in [-0.2, -0.15) is 4.31 Å². The van der Waals surface area contributed by atoms with Gasteiger partial charge < -0.3 is 5.32 Å². The second-order valence-electron chi connectivity index (χ2n) is 6.44. The molecule has 0 bridgehead atoms. The van der Waals surface area contributed by atoms with Crippen LogP contribution >= 0.6 is 0 Å². The van der Waals surface area contributed by atoms with E-state index in [1.165, 1.54) is 6.08 Å². The van der Waals surface area contributed by atoms with Crippen LogP contribution in [0.3, 0.4) is 0 Å². The Hall–Kier alpha value is -2.51. The van der Waals surface area contributed by atoms with Crippen molar-refractivity contribution in [2.75, 3.05) is 13.1 Å². The molecule has 1 fully saturated rings. The Labute approximate surface area is 160 Å². The van der Waals surface area contributed by atoms with Crippen molar-refractivity contribution in [3.05, 3.63) is 66.0 Å². The number of nitrogens with one attached hydrogen (secondary N) is 1. The van der Waals surface area contributed by atoms with Crippen LogP contribution in [-0.2, 0) is 21.4 Å². The summed E-state index contributed by atoms with van der Waals surface area (Å²) in [5.74, 6) is -0.211. The van der Waals surface area contributed by atoms with E-state index in [-0.39, 0.29) is 5.91 Å². The van der Waals surface area contributed by atoms with E-state index in [0.29, 0.717) is 24.5 Å². The van der Waals surface area contributed by atoms with Gasteiger partial charge in [0.1, 0.15) is 0 Å². The van der Waals surface area contributed by atoms with Crippen molar-refractivity contribution >= 4 is 22.0 Å². The normalized spacial score (nSPS) is 15.7. The molecule has 1 aromatic carbocycles. The number of hydrogen-bond donors (Lipinski definition) is 1. The average molecular weight is 385 g/mol. The molecular formula is C20H23N3O3S. The average Bonchev–Trinajstić information content (AvgIpc) is 2.72. The molecule has 0 saturated carbocycles. The van der Waals surface area contributed by atoms with Gasteiger partial charge in [-0.15, -0.1) is 0 Å². The quantitative estimate of drug-likeness (QED) is 0.775. The van der Waals surface area contributed by atoms with Crippen molar-refractivity contribution in [2.45, 2.75) is 30.7 Å². The van der Waals surface area contributed by atoms with E-state index in [9.17, 15) is 13.2 Å². The lowest BCUT2D eigenvalue weighted by atomic mass is 10.2. The highest BCUT2D eigenvalue weighted by atomic mass is 32.2. The van der Waals surface area contributed by atoms with E-state index in [0.717, 1.165) is 30.4 Å². The number of rotatable bonds is 6. The number of amides is 1. The molecule has 1 amide bonds. The molecule has 3 rings (SSSR count). The Kier molecular flexibility index (Phi) is 6.36. The molecule has 2 heterocycles. The van der Waals surface area contributed by atoms with Crippen LogP contribution < -0.4 is 5.32 Å². The molecule has 0 spiro atoms. The van der Waals surface area contributed by atoms with Crippen molar-refractivity contribution in [2.24, 2.45) is 0 Å². The summed E-state index contributed by atoms with van der Waals surface area (Å²) in [6, 6.07) is 10.3. The van der Waals surface area contributed by atoms with Gasteiger partial charge in [0.25, 0.3) is 0 Å². The molecule has 0 aliphatic carbocycles. The Morgan fingerprint density at radius 3 is 2.37 bits per heavy atom. The Morgan fingerprint density at radius 1 is 1.04 bits per heavy atom. The zero-order chi connectivity index (χ0) is 19.1. The van der Waals surface area contributed by atoms with E-state index in [1.54, 1.807) is 47.0 Å². The second kappa shape index (κ2) is 8.92. The molecule has 0 unspecified atom stereocenters. The predicted molar refractivity (Wildman–Crippen MR) is 104 cm³/mol. The summed E-state index contributed by atoms with van der Waals surface area (Å²) in [5, 5.41) is 2.79. The molecule has 1 N–H and O–H groups in total. The van der Waals surface area contributed by atoms with Crippen LogP contribution in [-0.4, -0.2) is 36.7 Å². The van der Waals surface area contributed by atoms with Crippen LogP contribution in [0.1, 0.15) is 30.4 Å². The first-order valence-electron chi connectivity index (χ1n) is 9.01. The maximum absolute atomic E-state index is 12.6. The van der Waals surface area contributed by atoms with Gasteiger partial charge in [-0.25, -0.2) is 8.42 Å². The number of benzene rings is 1. The Bertz CT molecular complexity index is 888. The van der Waals surface area contributed by atoms with Crippen LogP contribution in [0.4, 0.5) is 0 Å². The summed E-state index contributed by atoms with van der Waals surface area (Å²) < 4.78 is 26.8. The Balaban J connectivity index is 1.56. The smallest absolute Gasteiger partial charge is 0.244 e. The second-order valence-corrected chi connectivity index (χ2v) is 8.38. The van der Waals surface area contributed by atoms with Gasteiger partial charge in [0.05, 0.1) is 4.90 Å². The highest BCUT2D eigenvalue weighted by molar-refractivity contribution is 7.89. The molecule has 142 valence electrons. The summed E-state index contributed by atoms with van der Waals surface area (Å²) in [7, 11) is -3.42. The first-order valence-corrected chi connectivity index (χ1v) is 10.4. The van der Waals surface area contributed by atoms with Crippen LogP contribution in [0.25, 0.3) is 6.08 Å². The van der Waals surface area contributed by atoms with Crippen LogP contribution in [0.5, 0.6) is 0 Å². The van der Waals surface area contributed by atoms with Crippen LogP contribution in [0.2, 0.25) is 0 Å². The molecule has 2 aromatic rings. The zero-order valence-corrected chi connectivity index (χ0v) is 15.9. The first kappa shape index (κ1) is 19.3. The van der Waals surface area contributed by atoms with Gasteiger partial charge in [0.2, 0.25) is 15.9 Å². The van der Waals surface area contributed by atoms with Crippen molar-refractivity contribution in [3.63, 3.8) is 0 Å².